The molecule has 0 spiro atoms. The Morgan fingerprint density at radius 2 is 1.98 bits per heavy atom. The summed E-state index contributed by atoms with van der Waals surface area (Å²) >= 11 is 0. The molecule has 6 rings (SSSR count). The van der Waals surface area contributed by atoms with Crippen molar-refractivity contribution in [3.63, 3.8) is 0 Å². The minimum absolute atomic E-state index is 0.0519. The Morgan fingerprint density at radius 1 is 1.20 bits per heavy atom. The maximum Gasteiger partial charge on any atom is 0.452 e. The van der Waals surface area contributed by atoms with Crippen LogP contribution in [0.15, 0.2) is 41.6 Å². The summed E-state index contributed by atoms with van der Waals surface area (Å²) < 4.78 is 70.8. The second-order valence-electron chi connectivity index (χ2n) is 11.6. The summed E-state index contributed by atoms with van der Waals surface area (Å²) in [5.74, 6) is -2.92. The van der Waals surface area contributed by atoms with Gasteiger partial charge in [-0.3, -0.25) is 14.2 Å². The van der Waals surface area contributed by atoms with Crippen molar-refractivity contribution in [3.8, 4) is 6.07 Å². The third kappa shape index (κ3) is 5.53. The standard InChI is InChI=1S/C30H29F3N8O4S/c1-17-6-7-23(22(12-26(42)43)21-8-10-41-27(18(21)2)37-38-29(41)30(31,32)33)36-24(17)16-39-15-20-5-3-4-9-40(20)28-25(46(39,44)45)11-19(13-34)14-35-28/h6-8,10-11,14,20,22H,3-5,9,12,15-16H2,1-2H3,(H,42,43)/t20-,22+/m0/s1. The number of aliphatic carboxylic acids is 1. The molecule has 240 valence electrons. The minimum Gasteiger partial charge on any atom is -0.481 e. The zero-order chi connectivity index (χ0) is 33.0. The molecular weight excluding hydrogens is 625 g/mol. The Balaban J connectivity index is 1.41. The molecule has 4 aromatic rings. The molecule has 1 fully saturated rings. The molecule has 0 aliphatic carbocycles. The fraction of sp³-hybridized carbons (Fsp3) is 0.400. The molecule has 16 heteroatoms. The van der Waals surface area contributed by atoms with E-state index in [4.69, 9.17) is 4.98 Å². The van der Waals surface area contributed by atoms with Crippen molar-refractivity contribution in [2.75, 3.05) is 18.0 Å². The van der Waals surface area contributed by atoms with Gasteiger partial charge in [0.25, 0.3) is 0 Å². The Morgan fingerprint density at radius 3 is 2.70 bits per heavy atom. The molecule has 0 radical (unpaired) electrons. The summed E-state index contributed by atoms with van der Waals surface area (Å²) in [5, 5.41) is 26.3. The molecule has 0 unspecified atom stereocenters. The van der Waals surface area contributed by atoms with Gasteiger partial charge in [-0.2, -0.15) is 22.7 Å². The summed E-state index contributed by atoms with van der Waals surface area (Å²) in [5.41, 5.74) is 2.14. The molecule has 0 saturated carbocycles. The van der Waals surface area contributed by atoms with E-state index in [-0.39, 0.29) is 35.2 Å². The van der Waals surface area contributed by atoms with Gasteiger partial charge in [0.1, 0.15) is 16.8 Å². The van der Waals surface area contributed by atoms with Crippen LogP contribution in [0.5, 0.6) is 0 Å². The lowest BCUT2D eigenvalue weighted by atomic mass is 9.89. The first kappa shape index (κ1) is 31.4. The van der Waals surface area contributed by atoms with Crippen molar-refractivity contribution in [2.45, 2.75) is 69.1 Å². The Kier molecular flexibility index (Phi) is 7.93. The van der Waals surface area contributed by atoms with Gasteiger partial charge in [0.2, 0.25) is 15.8 Å². The van der Waals surface area contributed by atoms with Crippen molar-refractivity contribution >= 4 is 27.5 Å². The summed E-state index contributed by atoms with van der Waals surface area (Å²) in [4.78, 5) is 23.1. The number of anilines is 1. The zero-order valence-electron chi connectivity index (χ0n) is 24.9. The van der Waals surface area contributed by atoms with Crippen molar-refractivity contribution < 1.29 is 31.5 Å². The molecule has 2 aliphatic rings. The van der Waals surface area contributed by atoms with Crippen molar-refractivity contribution in [3.05, 3.63) is 76.1 Å². The van der Waals surface area contributed by atoms with Gasteiger partial charge in [0, 0.05) is 43.1 Å². The number of carboxylic acid groups (broad SMARTS) is 1. The molecule has 1 N–H and O–H groups in total. The maximum absolute atomic E-state index is 14.1. The van der Waals surface area contributed by atoms with Crippen LogP contribution >= 0.6 is 0 Å². The molecule has 4 aromatic heterocycles. The predicted octanol–water partition coefficient (Wildman–Crippen LogP) is 4.20. The van der Waals surface area contributed by atoms with Crippen LogP contribution in [0.3, 0.4) is 0 Å². The Labute approximate surface area is 262 Å². The number of nitriles is 1. The van der Waals surface area contributed by atoms with Crippen LogP contribution in [-0.2, 0) is 27.5 Å². The molecule has 2 aliphatic heterocycles. The smallest absolute Gasteiger partial charge is 0.452 e. The third-order valence-corrected chi connectivity index (χ3v) is 10.5. The molecule has 0 amide bonds. The largest absolute Gasteiger partial charge is 0.481 e. The Hall–Kier alpha value is -4.62. The number of alkyl halides is 3. The first-order chi connectivity index (χ1) is 21.8. The summed E-state index contributed by atoms with van der Waals surface area (Å²) in [6, 6.07) is 7.93. The molecule has 6 heterocycles. The van der Waals surface area contributed by atoms with Crippen LogP contribution in [0.4, 0.5) is 19.0 Å². The minimum atomic E-state index is -4.74. The lowest BCUT2D eigenvalue weighted by molar-refractivity contribution is -0.145. The van der Waals surface area contributed by atoms with Crippen LogP contribution < -0.4 is 4.90 Å². The lowest BCUT2D eigenvalue weighted by Gasteiger charge is -2.36. The monoisotopic (exact) mass is 654 g/mol. The molecule has 0 aromatic carbocycles. The van der Waals surface area contributed by atoms with E-state index in [2.05, 4.69) is 15.2 Å². The molecule has 12 nitrogen and oxygen atoms in total. The lowest BCUT2D eigenvalue weighted by Crippen LogP contribution is -2.45. The number of piperidine rings is 1. The number of fused-ring (bicyclic) bond motifs is 4. The van der Waals surface area contributed by atoms with Gasteiger partial charge in [-0.25, -0.2) is 13.4 Å². The highest BCUT2D eigenvalue weighted by molar-refractivity contribution is 7.89. The fourth-order valence-electron chi connectivity index (χ4n) is 6.32. The first-order valence-electron chi connectivity index (χ1n) is 14.6. The highest BCUT2D eigenvalue weighted by Crippen LogP contribution is 2.37. The summed E-state index contributed by atoms with van der Waals surface area (Å²) in [7, 11) is -4.14. The number of pyridine rings is 3. The molecule has 0 bridgehead atoms. The Bertz CT molecular complexity index is 2010. The zero-order valence-corrected chi connectivity index (χ0v) is 25.7. The van der Waals surface area contributed by atoms with Crippen molar-refractivity contribution in [2.24, 2.45) is 0 Å². The number of aromatic nitrogens is 5. The van der Waals surface area contributed by atoms with Gasteiger partial charge in [0.15, 0.2) is 5.65 Å². The second kappa shape index (κ2) is 11.6. The fourth-order valence-corrected chi connectivity index (χ4v) is 7.94. The number of rotatable bonds is 6. The molecule has 2 atom stereocenters. The number of hydrogen-bond donors (Lipinski definition) is 1. The third-order valence-electron chi connectivity index (χ3n) is 8.67. The molecular formula is C30H29F3N8O4S. The average molecular weight is 655 g/mol. The topological polar surface area (TPSA) is 158 Å². The van der Waals surface area contributed by atoms with E-state index >= 15 is 0 Å². The summed E-state index contributed by atoms with van der Waals surface area (Å²) in [6.07, 6.45) is -0.0897. The predicted molar refractivity (Wildman–Crippen MR) is 157 cm³/mol. The number of hydrogen-bond acceptors (Lipinski definition) is 9. The quantitative estimate of drug-likeness (QED) is 0.320. The van der Waals surface area contributed by atoms with Crippen LogP contribution in [0.25, 0.3) is 5.65 Å². The number of halogens is 3. The SMILES string of the molecule is Cc1ccc([C@H](CC(=O)O)c2ccn3c(C(F)(F)F)nnc3c2C)nc1CN1C[C@@H]2CCCCN2c2ncc(C#N)cc2S1(=O)=O. The van der Waals surface area contributed by atoms with Gasteiger partial charge in [-0.1, -0.05) is 6.07 Å². The van der Waals surface area contributed by atoms with E-state index in [0.717, 1.165) is 29.9 Å². The van der Waals surface area contributed by atoms with Crippen LogP contribution in [-0.4, -0.2) is 67.5 Å². The first-order valence-corrected chi connectivity index (χ1v) is 16.0. The maximum atomic E-state index is 14.1. The normalized spacial score (nSPS) is 18.8. The van der Waals surface area contributed by atoms with E-state index in [1.807, 2.05) is 11.0 Å². The van der Waals surface area contributed by atoms with E-state index < -0.39 is 40.3 Å². The van der Waals surface area contributed by atoms with E-state index in [1.54, 1.807) is 26.0 Å². The van der Waals surface area contributed by atoms with E-state index in [1.165, 1.54) is 22.6 Å². The number of nitrogens with zero attached hydrogens (tertiary/aromatic N) is 8. The van der Waals surface area contributed by atoms with Gasteiger partial charge in [-0.15, -0.1) is 10.2 Å². The van der Waals surface area contributed by atoms with Crippen molar-refractivity contribution in [1.82, 2.24) is 28.9 Å². The highest BCUT2D eigenvalue weighted by Gasteiger charge is 2.40. The van der Waals surface area contributed by atoms with Crippen molar-refractivity contribution in [1.29, 1.82) is 5.26 Å². The summed E-state index contributed by atoms with van der Waals surface area (Å²) in [6.45, 7) is 3.98. The number of carbonyl (C=O) groups is 1. The van der Waals surface area contributed by atoms with Crippen LogP contribution in [0.1, 0.15) is 71.1 Å². The van der Waals surface area contributed by atoms with Gasteiger partial charge >= 0.3 is 12.1 Å². The van der Waals surface area contributed by atoms with Crippen LogP contribution in [0.2, 0.25) is 0 Å². The number of aryl methyl sites for hydroxylation is 2. The number of carboxylic acids is 1. The number of sulfonamides is 1. The van der Waals surface area contributed by atoms with Gasteiger partial charge in [-0.05, 0) is 68.0 Å². The van der Waals surface area contributed by atoms with Crippen LogP contribution in [0, 0.1) is 25.2 Å². The highest BCUT2D eigenvalue weighted by atomic mass is 32.2. The molecule has 46 heavy (non-hydrogen) atoms. The van der Waals surface area contributed by atoms with E-state index in [9.17, 15) is 36.8 Å². The average Bonchev–Trinajstić information content (AvgIpc) is 3.44. The second-order valence-corrected chi connectivity index (χ2v) is 13.5. The van der Waals surface area contributed by atoms with Gasteiger partial charge in [0.05, 0.1) is 24.2 Å². The van der Waals surface area contributed by atoms with Gasteiger partial charge < -0.3 is 10.0 Å². The van der Waals surface area contributed by atoms with E-state index in [0.29, 0.717) is 40.4 Å². The molecule has 1 saturated heterocycles.